The molecule has 0 spiro atoms. The lowest BCUT2D eigenvalue weighted by atomic mass is 10.1. The van der Waals surface area contributed by atoms with Gasteiger partial charge in [0.1, 0.15) is 0 Å². The van der Waals surface area contributed by atoms with Crippen molar-refractivity contribution in [3.63, 3.8) is 0 Å². The first-order valence-corrected chi connectivity index (χ1v) is 8.09. The molecule has 116 valence electrons. The van der Waals surface area contributed by atoms with Gasteiger partial charge >= 0.3 is 0 Å². The summed E-state index contributed by atoms with van der Waals surface area (Å²) in [5.41, 5.74) is 2.16. The Balaban J connectivity index is 1.81. The first kappa shape index (κ1) is 15.6. The number of pyridine rings is 1. The lowest BCUT2D eigenvalue weighted by Crippen LogP contribution is -2.27. The van der Waals surface area contributed by atoms with E-state index in [4.69, 9.17) is 11.6 Å². The average molecular weight is 345 g/mol. The molecular weight excluding hydrogens is 332 g/mol. The molecule has 0 saturated heterocycles. The Hall–Kier alpha value is -2.31. The fraction of sp³-hybridized carbons (Fsp3) is 0.125. The van der Waals surface area contributed by atoms with Crippen LogP contribution in [-0.4, -0.2) is 20.5 Å². The zero-order chi connectivity index (χ0) is 16.2. The molecule has 0 saturated carbocycles. The van der Waals surface area contributed by atoms with E-state index in [-0.39, 0.29) is 11.9 Å². The molecule has 7 heteroatoms. The Labute approximate surface area is 142 Å². The van der Waals surface area contributed by atoms with Gasteiger partial charge in [0.15, 0.2) is 5.69 Å². The molecule has 0 aliphatic rings. The maximum Gasteiger partial charge on any atom is 0.273 e. The van der Waals surface area contributed by atoms with Crippen LogP contribution in [0, 0.1) is 0 Å². The SMILES string of the molecule is C[C@@H](NC(=O)c1nnsc1-c1ccc(Cl)cc1)c1ccncc1. The van der Waals surface area contributed by atoms with Crippen molar-refractivity contribution < 1.29 is 4.79 Å². The Kier molecular flexibility index (Phi) is 4.64. The third-order valence-corrected chi connectivity index (χ3v) is 4.39. The van der Waals surface area contributed by atoms with Crippen molar-refractivity contribution in [2.75, 3.05) is 0 Å². The van der Waals surface area contributed by atoms with E-state index in [0.717, 1.165) is 16.0 Å². The van der Waals surface area contributed by atoms with E-state index in [9.17, 15) is 4.79 Å². The Morgan fingerprint density at radius 3 is 2.57 bits per heavy atom. The van der Waals surface area contributed by atoms with Gasteiger partial charge in [-0.05, 0) is 53.8 Å². The third kappa shape index (κ3) is 3.55. The van der Waals surface area contributed by atoms with Gasteiger partial charge in [-0.15, -0.1) is 5.10 Å². The molecule has 1 amide bonds. The van der Waals surface area contributed by atoms with Crippen molar-refractivity contribution in [2.45, 2.75) is 13.0 Å². The van der Waals surface area contributed by atoms with Gasteiger partial charge in [-0.3, -0.25) is 9.78 Å². The summed E-state index contributed by atoms with van der Waals surface area (Å²) >= 11 is 7.08. The summed E-state index contributed by atoms with van der Waals surface area (Å²) in [6, 6.07) is 10.8. The van der Waals surface area contributed by atoms with E-state index in [1.165, 1.54) is 11.5 Å². The summed E-state index contributed by atoms with van der Waals surface area (Å²) in [7, 11) is 0. The third-order valence-electron chi connectivity index (χ3n) is 3.36. The molecule has 2 heterocycles. The number of nitrogens with zero attached hydrogens (tertiary/aromatic N) is 3. The molecule has 3 rings (SSSR count). The summed E-state index contributed by atoms with van der Waals surface area (Å²) in [5, 5.41) is 7.55. The average Bonchev–Trinajstić information content (AvgIpc) is 3.06. The van der Waals surface area contributed by atoms with Crippen LogP contribution in [0.5, 0.6) is 0 Å². The van der Waals surface area contributed by atoms with Crippen molar-refractivity contribution in [3.05, 3.63) is 65.1 Å². The molecule has 0 fully saturated rings. The minimum absolute atomic E-state index is 0.148. The van der Waals surface area contributed by atoms with Crippen LogP contribution in [-0.2, 0) is 0 Å². The molecule has 0 unspecified atom stereocenters. The van der Waals surface area contributed by atoms with Crippen LogP contribution in [0.4, 0.5) is 0 Å². The molecule has 2 aromatic heterocycles. The highest BCUT2D eigenvalue weighted by atomic mass is 35.5. The Morgan fingerprint density at radius 1 is 1.17 bits per heavy atom. The van der Waals surface area contributed by atoms with Crippen LogP contribution in [0.15, 0.2) is 48.8 Å². The monoisotopic (exact) mass is 344 g/mol. The summed E-state index contributed by atoms with van der Waals surface area (Å²) in [6.45, 7) is 1.91. The standard InChI is InChI=1S/C16H13ClN4OS/c1-10(11-6-8-18-9-7-11)19-16(22)14-15(23-21-20-14)12-2-4-13(17)5-3-12/h2-10H,1H3,(H,19,22)/t10-/m1/s1. The maximum atomic E-state index is 12.5. The number of benzene rings is 1. The highest BCUT2D eigenvalue weighted by Crippen LogP contribution is 2.27. The normalized spacial score (nSPS) is 11.9. The highest BCUT2D eigenvalue weighted by Gasteiger charge is 2.20. The number of rotatable bonds is 4. The summed E-state index contributed by atoms with van der Waals surface area (Å²) < 4.78 is 3.91. The van der Waals surface area contributed by atoms with Crippen molar-refractivity contribution in [3.8, 4) is 10.4 Å². The first-order valence-electron chi connectivity index (χ1n) is 6.94. The molecule has 0 bridgehead atoms. The largest absolute Gasteiger partial charge is 0.344 e. The van der Waals surface area contributed by atoms with Gasteiger partial charge in [-0.25, -0.2) is 0 Å². The zero-order valence-electron chi connectivity index (χ0n) is 12.2. The Morgan fingerprint density at radius 2 is 1.87 bits per heavy atom. The van der Waals surface area contributed by atoms with Crippen molar-refractivity contribution in [2.24, 2.45) is 0 Å². The number of aromatic nitrogens is 3. The minimum atomic E-state index is -0.256. The fourth-order valence-electron chi connectivity index (χ4n) is 2.13. The van der Waals surface area contributed by atoms with Gasteiger partial charge in [0.2, 0.25) is 0 Å². The lowest BCUT2D eigenvalue weighted by Gasteiger charge is -2.13. The van der Waals surface area contributed by atoms with Crippen LogP contribution in [0.1, 0.15) is 29.0 Å². The van der Waals surface area contributed by atoms with Crippen LogP contribution in [0.3, 0.4) is 0 Å². The maximum absolute atomic E-state index is 12.5. The lowest BCUT2D eigenvalue weighted by molar-refractivity contribution is 0.0935. The van der Waals surface area contributed by atoms with Gasteiger partial charge in [-0.1, -0.05) is 28.2 Å². The van der Waals surface area contributed by atoms with Crippen molar-refractivity contribution in [1.29, 1.82) is 0 Å². The molecular formula is C16H13ClN4OS. The highest BCUT2D eigenvalue weighted by molar-refractivity contribution is 7.09. The fourth-order valence-corrected chi connectivity index (χ4v) is 2.92. The van der Waals surface area contributed by atoms with E-state index in [2.05, 4.69) is 19.9 Å². The zero-order valence-corrected chi connectivity index (χ0v) is 13.8. The number of halogens is 1. The smallest absolute Gasteiger partial charge is 0.273 e. The molecule has 5 nitrogen and oxygen atoms in total. The molecule has 3 aromatic rings. The molecule has 0 aliphatic carbocycles. The predicted molar refractivity (Wildman–Crippen MR) is 90.5 cm³/mol. The van der Waals surface area contributed by atoms with Gasteiger partial charge in [0, 0.05) is 17.4 Å². The number of carbonyl (C=O) groups excluding carboxylic acids is 1. The summed E-state index contributed by atoms with van der Waals surface area (Å²) in [5.74, 6) is -0.256. The van der Waals surface area contributed by atoms with Crippen molar-refractivity contribution >= 4 is 29.0 Å². The van der Waals surface area contributed by atoms with Gasteiger partial charge in [0.25, 0.3) is 5.91 Å². The Bertz CT molecular complexity index is 804. The molecule has 23 heavy (non-hydrogen) atoms. The quantitative estimate of drug-likeness (QED) is 0.782. The molecule has 1 aromatic carbocycles. The summed E-state index contributed by atoms with van der Waals surface area (Å²) in [6.07, 6.45) is 3.39. The van der Waals surface area contributed by atoms with Gasteiger partial charge in [0.05, 0.1) is 10.9 Å². The molecule has 1 N–H and O–H groups in total. The second-order valence-corrected chi connectivity index (χ2v) is 6.12. The topological polar surface area (TPSA) is 67.8 Å². The van der Waals surface area contributed by atoms with Crippen LogP contribution >= 0.6 is 23.1 Å². The molecule has 0 aliphatic heterocycles. The number of hydrogen-bond acceptors (Lipinski definition) is 5. The van der Waals surface area contributed by atoms with E-state index >= 15 is 0 Å². The van der Waals surface area contributed by atoms with E-state index in [1.54, 1.807) is 24.5 Å². The van der Waals surface area contributed by atoms with Crippen LogP contribution in [0.25, 0.3) is 10.4 Å². The second-order valence-electron chi connectivity index (χ2n) is 4.93. The van der Waals surface area contributed by atoms with Gasteiger partial charge < -0.3 is 5.32 Å². The van der Waals surface area contributed by atoms with E-state index in [1.807, 2.05) is 31.2 Å². The van der Waals surface area contributed by atoms with Crippen LogP contribution in [0.2, 0.25) is 5.02 Å². The number of nitrogens with one attached hydrogen (secondary N) is 1. The predicted octanol–water partition coefficient (Wildman–Crippen LogP) is 3.74. The van der Waals surface area contributed by atoms with Gasteiger partial charge in [-0.2, -0.15) is 0 Å². The van der Waals surface area contributed by atoms with E-state index < -0.39 is 0 Å². The number of hydrogen-bond donors (Lipinski definition) is 1. The minimum Gasteiger partial charge on any atom is -0.344 e. The summed E-state index contributed by atoms with van der Waals surface area (Å²) in [4.78, 5) is 17.2. The first-order chi connectivity index (χ1) is 11.1. The second kappa shape index (κ2) is 6.85. The number of amides is 1. The molecule has 1 atom stereocenters. The molecule has 0 radical (unpaired) electrons. The van der Waals surface area contributed by atoms with E-state index in [0.29, 0.717) is 10.7 Å². The van der Waals surface area contributed by atoms with Crippen molar-refractivity contribution in [1.82, 2.24) is 19.9 Å². The van der Waals surface area contributed by atoms with Crippen LogP contribution < -0.4 is 5.32 Å². The number of carbonyl (C=O) groups is 1.